The molecule has 1 unspecified atom stereocenters. The second-order valence-electron chi connectivity index (χ2n) is 8.23. The van der Waals surface area contributed by atoms with Crippen molar-refractivity contribution < 1.29 is 14.6 Å². The number of hydrogen-bond donors (Lipinski definition) is 3. The van der Waals surface area contributed by atoms with Crippen molar-refractivity contribution in [2.75, 3.05) is 11.9 Å². The summed E-state index contributed by atoms with van der Waals surface area (Å²) in [5.41, 5.74) is 3.53. The summed E-state index contributed by atoms with van der Waals surface area (Å²) in [4.78, 5) is 12.9. The van der Waals surface area contributed by atoms with Crippen LogP contribution in [0, 0.1) is 6.92 Å². The van der Waals surface area contributed by atoms with E-state index in [-0.39, 0.29) is 17.5 Å². The van der Waals surface area contributed by atoms with Crippen molar-refractivity contribution in [1.29, 1.82) is 0 Å². The van der Waals surface area contributed by atoms with Crippen molar-refractivity contribution in [3.63, 3.8) is 0 Å². The highest BCUT2D eigenvalue weighted by atomic mass is 16.5. The third kappa shape index (κ3) is 3.16. The largest absolute Gasteiger partial charge is 0.477 e. The molecule has 1 saturated carbocycles. The molecule has 1 heterocycles. The molecule has 2 aromatic carbocycles. The summed E-state index contributed by atoms with van der Waals surface area (Å²) in [7, 11) is 0. The standard InChI is InChI=1S/C24H26N4O3/c1-3-31-22-15(2)21(28(27-22)17-10-5-4-6-11-17)26-23(30)25-19-14-24(19)18-12-8-7-9-16(18)13-20(24)29/h4-12,19-20,29H,3,13-14H2,1-2H3,(H2,25,26,30)/t19?,20-,24-/m1/s1. The molecule has 0 bridgehead atoms. The van der Waals surface area contributed by atoms with Gasteiger partial charge in [0, 0.05) is 11.5 Å². The lowest BCUT2D eigenvalue weighted by Crippen LogP contribution is -2.38. The van der Waals surface area contributed by atoms with E-state index in [2.05, 4.69) is 27.9 Å². The average molecular weight is 418 g/mol. The average Bonchev–Trinajstić information content (AvgIpc) is 3.31. The Morgan fingerprint density at radius 3 is 2.74 bits per heavy atom. The van der Waals surface area contributed by atoms with Gasteiger partial charge in [-0.25, -0.2) is 9.48 Å². The Kier molecular flexibility index (Phi) is 4.70. The minimum absolute atomic E-state index is 0.106. The van der Waals surface area contributed by atoms with Crippen molar-refractivity contribution in [2.45, 2.75) is 44.2 Å². The number of rotatable bonds is 5. The van der Waals surface area contributed by atoms with E-state index in [1.54, 1.807) is 4.68 Å². The second-order valence-corrected chi connectivity index (χ2v) is 8.23. The molecule has 1 spiro atoms. The van der Waals surface area contributed by atoms with Crippen LogP contribution in [-0.4, -0.2) is 39.7 Å². The number of benzene rings is 2. The number of aliphatic hydroxyl groups is 1. The molecule has 3 aromatic rings. The number of para-hydroxylation sites is 1. The number of urea groups is 1. The highest BCUT2D eigenvalue weighted by Crippen LogP contribution is 2.56. The van der Waals surface area contributed by atoms with Crippen LogP contribution in [0.3, 0.4) is 0 Å². The Morgan fingerprint density at radius 2 is 1.97 bits per heavy atom. The maximum absolute atomic E-state index is 12.9. The molecule has 5 rings (SSSR count). The molecule has 2 aliphatic carbocycles. The van der Waals surface area contributed by atoms with Crippen molar-refractivity contribution in [2.24, 2.45) is 0 Å². The number of aromatic nitrogens is 2. The quantitative estimate of drug-likeness (QED) is 0.593. The van der Waals surface area contributed by atoms with Crippen LogP contribution in [0.2, 0.25) is 0 Å². The number of hydrogen-bond acceptors (Lipinski definition) is 4. The smallest absolute Gasteiger partial charge is 0.320 e. The molecule has 7 nitrogen and oxygen atoms in total. The second kappa shape index (κ2) is 7.42. The maximum atomic E-state index is 12.9. The molecular weight excluding hydrogens is 392 g/mol. The fraction of sp³-hybridized carbons (Fsp3) is 0.333. The number of anilines is 1. The molecule has 3 atom stereocenters. The number of ether oxygens (including phenoxy) is 1. The van der Waals surface area contributed by atoms with Crippen molar-refractivity contribution in [1.82, 2.24) is 15.1 Å². The molecule has 7 heteroatoms. The zero-order valence-electron chi connectivity index (χ0n) is 17.6. The normalized spacial score (nSPS) is 23.5. The molecular formula is C24H26N4O3. The van der Waals surface area contributed by atoms with E-state index < -0.39 is 6.10 Å². The summed E-state index contributed by atoms with van der Waals surface area (Å²) >= 11 is 0. The SMILES string of the molecule is CCOc1nn(-c2ccccc2)c(NC(=O)NC2C[C@@]23c2ccccc2C[C@H]3O)c1C. The monoisotopic (exact) mass is 418 g/mol. The predicted octanol–water partition coefficient (Wildman–Crippen LogP) is 3.33. The van der Waals surface area contributed by atoms with Gasteiger partial charge in [-0.15, -0.1) is 5.10 Å². The van der Waals surface area contributed by atoms with Gasteiger partial charge in [-0.2, -0.15) is 0 Å². The predicted molar refractivity (Wildman–Crippen MR) is 118 cm³/mol. The highest BCUT2D eigenvalue weighted by Gasteiger charge is 2.64. The van der Waals surface area contributed by atoms with E-state index in [0.717, 1.165) is 23.2 Å². The van der Waals surface area contributed by atoms with Crippen LogP contribution in [0.4, 0.5) is 10.6 Å². The van der Waals surface area contributed by atoms with Gasteiger partial charge < -0.3 is 15.2 Å². The van der Waals surface area contributed by atoms with E-state index in [1.807, 2.05) is 56.3 Å². The minimum atomic E-state index is -0.476. The number of nitrogens with zero attached hydrogens (tertiary/aromatic N) is 2. The van der Waals surface area contributed by atoms with E-state index in [1.165, 1.54) is 5.56 Å². The zero-order chi connectivity index (χ0) is 21.6. The minimum Gasteiger partial charge on any atom is -0.477 e. The van der Waals surface area contributed by atoms with Gasteiger partial charge in [-0.05, 0) is 49.9 Å². The lowest BCUT2D eigenvalue weighted by Gasteiger charge is -2.17. The molecule has 3 N–H and O–H groups in total. The number of amides is 2. The molecule has 0 saturated heterocycles. The lowest BCUT2D eigenvalue weighted by molar-refractivity contribution is 0.141. The number of carbonyl (C=O) groups is 1. The molecule has 160 valence electrons. The third-order valence-electron chi connectivity index (χ3n) is 6.43. The first-order chi connectivity index (χ1) is 15.0. The summed E-state index contributed by atoms with van der Waals surface area (Å²) in [5.74, 6) is 1.05. The van der Waals surface area contributed by atoms with E-state index in [9.17, 15) is 9.90 Å². The Bertz CT molecular complexity index is 1130. The number of aliphatic hydroxyl groups excluding tert-OH is 1. The van der Waals surface area contributed by atoms with E-state index in [0.29, 0.717) is 24.7 Å². The fourth-order valence-corrected chi connectivity index (χ4v) is 4.80. The lowest BCUT2D eigenvalue weighted by atomic mass is 9.95. The number of fused-ring (bicyclic) bond motifs is 2. The summed E-state index contributed by atoms with van der Waals surface area (Å²) in [6, 6.07) is 17.3. The Balaban J connectivity index is 1.37. The van der Waals surface area contributed by atoms with Gasteiger partial charge in [0.25, 0.3) is 0 Å². The van der Waals surface area contributed by atoms with Gasteiger partial charge in [-0.3, -0.25) is 5.32 Å². The maximum Gasteiger partial charge on any atom is 0.320 e. The van der Waals surface area contributed by atoms with Crippen LogP contribution in [-0.2, 0) is 11.8 Å². The van der Waals surface area contributed by atoms with Gasteiger partial charge >= 0.3 is 6.03 Å². The van der Waals surface area contributed by atoms with Gasteiger partial charge in [-0.1, -0.05) is 42.5 Å². The first kappa shape index (κ1) is 19.6. The molecule has 1 fully saturated rings. The third-order valence-corrected chi connectivity index (χ3v) is 6.43. The van der Waals surface area contributed by atoms with Gasteiger partial charge in [0.1, 0.15) is 5.82 Å². The van der Waals surface area contributed by atoms with Gasteiger partial charge in [0.05, 0.1) is 24.0 Å². The van der Waals surface area contributed by atoms with Gasteiger partial charge in [0.2, 0.25) is 5.88 Å². The van der Waals surface area contributed by atoms with Crippen LogP contribution in [0.25, 0.3) is 5.69 Å². The summed E-state index contributed by atoms with van der Waals surface area (Å²) in [6.07, 6.45) is 0.893. The molecule has 0 radical (unpaired) electrons. The van der Waals surface area contributed by atoms with Crippen LogP contribution in [0.15, 0.2) is 54.6 Å². The number of nitrogens with one attached hydrogen (secondary N) is 2. The zero-order valence-corrected chi connectivity index (χ0v) is 17.6. The van der Waals surface area contributed by atoms with Crippen LogP contribution in [0.5, 0.6) is 5.88 Å². The Labute approximate surface area is 181 Å². The molecule has 2 amide bonds. The van der Waals surface area contributed by atoms with Crippen LogP contribution in [0.1, 0.15) is 30.0 Å². The molecule has 2 aliphatic rings. The molecule has 31 heavy (non-hydrogen) atoms. The Morgan fingerprint density at radius 1 is 1.23 bits per heavy atom. The van der Waals surface area contributed by atoms with Gasteiger partial charge in [0.15, 0.2) is 0 Å². The van der Waals surface area contributed by atoms with E-state index in [4.69, 9.17) is 4.74 Å². The first-order valence-electron chi connectivity index (χ1n) is 10.7. The highest BCUT2D eigenvalue weighted by molar-refractivity contribution is 5.90. The van der Waals surface area contributed by atoms with Crippen molar-refractivity contribution in [3.05, 3.63) is 71.3 Å². The Hall–Kier alpha value is -3.32. The first-order valence-corrected chi connectivity index (χ1v) is 10.7. The molecule has 1 aromatic heterocycles. The summed E-state index contributed by atoms with van der Waals surface area (Å²) < 4.78 is 7.33. The summed E-state index contributed by atoms with van der Waals surface area (Å²) in [6.45, 7) is 4.26. The van der Waals surface area contributed by atoms with Crippen LogP contribution < -0.4 is 15.4 Å². The topological polar surface area (TPSA) is 88.4 Å². The number of carbonyl (C=O) groups excluding carboxylic acids is 1. The van der Waals surface area contributed by atoms with E-state index >= 15 is 0 Å². The van der Waals surface area contributed by atoms with Crippen LogP contribution >= 0.6 is 0 Å². The van der Waals surface area contributed by atoms with Crippen molar-refractivity contribution >= 4 is 11.8 Å². The summed E-state index contributed by atoms with van der Waals surface area (Å²) in [5, 5.41) is 21.3. The molecule has 0 aliphatic heterocycles. The van der Waals surface area contributed by atoms with Crippen molar-refractivity contribution in [3.8, 4) is 11.6 Å². The fourth-order valence-electron chi connectivity index (χ4n) is 4.80.